The minimum absolute atomic E-state index is 0.0207. The van der Waals surface area contributed by atoms with Crippen LogP contribution in [0.25, 0.3) is 0 Å². The van der Waals surface area contributed by atoms with E-state index < -0.39 is 48.8 Å². The van der Waals surface area contributed by atoms with E-state index in [1.165, 1.54) is 18.2 Å². The van der Waals surface area contributed by atoms with Crippen molar-refractivity contribution in [1.29, 1.82) is 0 Å². The number of hydrogen-bond acceptors (Lipinski definition) is 8. The van der Waals surface area contributed by atoms with Crippen LogP contribution in [0.3, 0.4) is 0 Å². The quantitative estimate of drug-likeness (QED) is 0.628. The number of nitrogens with zero attached hydrogens (tertiary/aromatic N) is 3. The summed E-state index contributed by atoms with van der Waals surface area (Å²) in [4.78, 5) is 24.6. The molecule has 1 saturated heterocycles. The Morgan fingerprint density at radius 1 is 1.21 bits per heavy atom. The molecule has 2 N–H and O–H groups in total. The number of carbonyl (C=O) groups is 1. The van der Waals surface area contributed by atoms with Crippen molar-refractivity contribution in [1.82, 2.24) is 9.97 Å². The molecule has 4 rings (SSSR count). The van der Waals surface area contributed by atoms with Gasteiger partial charge in [0.15, 0.2) is 5.78 Å². The van der Waals surface area contributed by atoms with Crippen molar-refractivity contribution in [3.63, 3.8) is 0 Å². The molecule has 176 valence electrons. The number of ether oxygens (including phenoxy) is 3. The van der Waals surface area contributed by atoms with E-state index in [2.05, 4.69) is 19.7 Å². The summed E-state index contributed by atoms with van der Waals surface area (Å²) in [6, 6.07) is 3.76. The van der Waals surface area contributed by atoms with Gasteiger partial charge in [-0.3, -0.25) is 4.79 Å². The zero-order valence-corrected chi connectivity index (χ0v) is 18.0. The predicted octanol–water partition coefficient (Wildman–Crippen LogP) is 2.65. The summed E-state index contributed by atoms with van der Waals surface area (Å²) < 4.78 is 58.0. The summed E-state index contributed by atoms with van der Waals surface area (Å²) in [5, 5.41) is 0. The van der Waals surface area contributed by atoms with Gasteiger partial charge in [-0.15, -0.1) is 0 Å². The average molecular weight is 464 g/mol. The van der Waals surface area contributed by atoms with E-state index in [0.29, 0.717) is 5.56 Å². The van der Waals surface area contributed by atoms with Gasteiger partial charge in [0.05, 0.1) is 30.5 Å². The standard InChI is InChI=1S/C22H23F3N4O4/c1-11-19-20(12(2)32-11)33-21(26)29-22(19,9-23)14-5-13(3-4-15(14)25)6-17(30)16-7-28-18(8-27-16)31-10-24/h3-5,7-8,11-12,19-20H,6,9-10H2,1-2H3,(H2,26,29)/t11-,12-,19-,20+,22+/m0/s1. The van der Waals surface area contributed by atoms with Crippen LogP contribution in [0.1, 0.15) is 35.5 Å². The van der Waals surface area contributed by atoms with E-state index in [1.54, 1.807) is 13.8 Å². The van der Waals surface area contributed by atoms with Crippen molar-refractivity contribution in [2.24, 2.45) is 16.6 Å². The van der Waals surface area contributed by atoms with Gasteiger partial charge in [-0.1, -0.05) is 6.07 Å². The first-order chi connectivity index (χ1) is 15.8. The molecule has 0 amide bonds. The molecule has 8 nitrogen and oxygen atoms in total. The molecule has 3 heterocycles. The lowest BCUT2D eigenvalue weighted by Gasteiger charge is -2.41. The van der Waals surface area contributed by atoms with Crippen LogP contribution in [0.5, 0.6) is 5.88 Å². The maximum Gasteiger partial charge on any atom is 0.283 e. The molecular formula is C22H23F3N4O4. The summed E-state index contributed by atoms with van der Waals surface area (Å²) >= 11 is 0. The van der Waals surface area contributed by atoms with E-state index in [-0.39, 0.29) is 35.7 Å². The molecule has 1 fully saturated rings. The summed E-state index contributed by atoms with van der Waals surface area (Å²) in [6.07, 6.45) is 0.679. The van der Waals surface area contributed by atoms with E-state index >= 15 is 4.39 Å². The summed E-state index contributed by atoms with van der Waals surface area (Å²) in [5.41, 5.74) is 4.60. The highest BCUT2D eigenvalue weighted by Crippen LogP contribution is 2.48. The van der Waals surface area contributed by atoms with E-state index in [9.17, 15) is 13.6 Å². The first kappa shape index (κ1) is 23.0. The normalized spacial score (nSPS) is 28.6. The van der Waals surface area contributed by atoms with Gasteiger partial charge in [0.2, 0.25) is 12.7 Å². The Morgan fingerprint density at radius 2 is 2.00 bits per heavy atom. The monoisotopic (exact) mass is 464 g/mol. The molecule has 0 bridgehead atoms. The van der Waals surface area contributed by atoms with Gasteiger partial charge in [0, 0.05) is 12.0 Å². The van der Waals surface area contributed by atoms with E-state index in [1.807, 2.05) is 0 Å². The predicted molar refractivity (Wildman–Crippen MR) is 111 cm³/mol. The Hall–Kier alpha value is -3.21. The largest absolute Gasteiger partial charge is 0.459 e. The molecule has 2 aliphatic rings. The van der Waals surface area contributed by atoms with Crippen LogP contribution in [0.15, 0.2) is 35.6 Å². The molecule has 0 radical (unpaired) electrons. The van der Waals surface area contributed by atoms with E-state index in [0.717, 1.165) is 12.4 Å². The Labute approximate surface area is 188 Å². The third kappa shape index (κ3) is 4.12. The smallest absolute Gasteiger partial charge is 0.283 e. The van der Waals surface area contributed by atoms with Gasteiger partial charge in [-0.25, -0.2) is 28.1 Å². The SMILES string of the molecule is C[C@@H]1O[C@@H](C)[C@H]2[C@@H]1OC(N)=N[C@]2(CF)c1cc(CC(=O)c2cnc(OCF)cn2)ccc1F. The molecule has 5 atom stereocenters. The zero-order chi connectivity index (χ0) is 23.8. The molecule has 11 heteroatoms. The Bertz CT molecular complexity index is 1070. The van der Waals surface area contributed by atoms with Gasteiger partial charge in [0.1, 0.15) is 29.8 Å². The van der Waals surface area contributed by atoms with Crippen LogP contribution in [0, 0.1) is 11.7 Å². The Kier molecular flexibility index (Phi) is 6.24. The highest BCUT2D eigenvalue weighted by atomic mass is 19.1. The number of hydrogen-bond donors (Lipinski definition) is 1. The van der Waals surface area contributed by atoms with Crippen LogP contribution in [0.2, 0.25) is 0 Å². The summed E-state index contributed by atoms with van der Waals surface area (Å²) in [5.74, 6) is -1.78. The number of rotatable bonds is 7. The molecular weight excluding hydrogens is 441 g/mol. The van der Waals surface area contributed by atoms with Gasteiger partial charge in [0.25, 0.3) is 6.02 Å². The number of alkyl halides is 2. The number of halogens is 3. The molecule has 0 aliphatic carbocycles. The molecule has 2 aromatic rings. The van der Waals surface area contributed by atoms with Crippen molar-refractivity contribution in [2.75, 3.05) is 13.5 Å². The fraction of sp³-hybridized carbons (Fsp3) is 0.455. The molecule has 0 saturated carbocycles. The number of nitrogens with two attached hydrogens (primary N) is 1. The highest BCUT2D eigenvalue weighted by Gasteiger charge is 2.58. The van der Waals surface area contributed by atoms with Crippen LogP contribution in [-0.4, -0.2) is 53.6 Å². The lowest BCUT2D eigenvalue weighted by molar-refractivity contribution is 0.0311. The fourth-order valence-corrected chi connectivity index (χ4v) is 4.64. The van der Waals surface area contributed by atoms with Crippen molar-refractivity contribution < 1.29 is 32.2 Å². The summed E-state index contributed by atoms with van der Waals surface area (Å²) in [7, 11) is 0. The number of benzene rings is 1. The van der Waals surface area contributed by atoms with Crippen LogP contribution < -0.4 is 10.5 Å². The third-order valence-electron chi connectivity index (χ3n) is 6.05. The minimum Gasteiger partial charge on any atom is -0.459 e. The first-order valence-electron chi connectivity index (χ1n) is 10.4. The number of carbonyl (C=O) groups excluding carboxylic acids is 1. The third-order valence-corrected chi connectivity index (χ3v) is 6.05. The number of amidine groups is 1. The minimum atomic E-state index is -1.66. The maximum atomic E-state index is 15.1. The second kappa shape index (κ2) is 8.97. The fourth-order valence-electron chi connectivity index (χ4n) is 4.64. The van der Waals surface area contributed by atoms with Crippen molar-refractivity contribution >= 4 is 11.8 Å². The highest BCUT2D eigenvalue weighted by molar-refractivity contribution is 5.95. The van der Waals surface area contributed by atoms with Crippen molar-refractivity contribution in [3.8, 4) is 5.88 Å². The second-order valence-corrected chi connectivity index (χ2v) is 8.07. The van der Waals surface area contributed by atoms with Gasteiger partial charge < -0.3 is 19.9 Å². The Morgan fingerprint density at radius 3 is 2.67 bits per heavy atom. The zero-order valence-electron chi connectivity index (χ0n) is 18.0. The van der Waals surface area contributed by atoms with E-state index in [4.69, 9.17) is 15.2 Å². The molecule has 0 spiro atoms. The number of aromatic nitrogens is 2. The van der Waals surface area contributed by atoms with Crippen molar-refractivity contribution in [2.45, 2.75) is 44.1 Å². The molecule has 33 heavy (non-hydrogen) atoms. The van der Waals surface area contributed by atoms with Crippen molar-refractivity contribution in [3.05, 3.63) is 53.2 Å². The Balaban J connectivity index is 1.67. The van der Waals surface area contributed by atoms with Crippen LogP contribution in [-0.2, 0) is 21.4 Å². The number of ketones is 1. The second-order valence-electron chi connectivity index (χ2n) is 8.07. The van der Waals surface area contributed by atoms with Gasteiger partial charge >= 0.3 is 0 Å². The molecule has 1 aromatic heterocycles. The molecule has 0 unspecified atom stereocenters. The van der Waals surface area contributed by atoms with Crippen LogP contribution >= 0.6 is 0 Å². The molecule has 2 aliphatic heterocycles. The first-order valence-corrected chi connectivity index (χ1v) is 10.4. The number of aliphatic imine (C=N–C) groups is 1. The number of Topliss-reactive ketones (excluding diaryl/α,β-unsaturated/α-hetero) is 1. The number of fused-ring (bicyclic) bond motifs is 1. The summed E-state index contributed by atoms with van der Waals surface area (Å²) in [6.45, 7) is 1.43. The average Bonchev–Trinajstić information content (AvgIpc) is 3.08. The maximum absolute atomic E-state index is 15.1. The molecule has 1 aromatic carbocycles. The lowest BCUT2D eigenvalue weighted by atomic mass is 9.73. The topological polar surface area (TPSA) is 109 Å². The van der Waals surface area contributed by atoms with Crippen LogP contribution in [0.4, 0.5) is 13.2 Å². The van der Waals surface area contributed by atoms with Gasteiger partial charge in [-0.05, 0) is 31.5 Å². The lowest BCUT2D eigenvalue weighted by Crippen LogP contribution is -2.53. The van der Waals surface area contributed by atoms with Gasteiger partial charge in [-0.2, -0.15) is 0 Å².